The summed E-state index contributed by atoms with van der Waals surface area (Å²) in [5, 5.41) is 31.0. The van der Waals surface area contributed by atoms with E-state index < -0.39 is 57.1 Å². The molecule has 0 saturated carbocycles. The van der Waals surface area contributed by atoms with Crippen LogP contribution in [-0.2, 0) is 37.4 Å². The van der Waals surface area contributed by atoms with Crippen molar-refractivity contribution in [3.63, 3.8) is 0 Å². The van der Waals surface area contributed by atoms with Gasteiger partial charge in [-0.05, 0) is 32.1 Å². The van der Waals surface area contributed by atoms with Crippen LogP contribution in [0.1, 0.15) is 155 Å². The number of hydrogen-bond acceptors (Lipinski definition) is 11. The second-order valence-corrected chi connectivity index (χ2v) is 18.1. The third kappa shape index (κ3) is 30.1. The Balaban J connectivity index is 2.55. The summed E-state index contributed by atoms with van der Waals surface area (Å²) in [6.07, 6.45) is 22.8. The smallest absolute Gasteiger partial charge is 0.462 e. The van der Waals surface area contributed by atoms with Gasteiger partial charge in [0, 0.05) is 25.2 Å². The van der Waals surface area contributed by atoms with E-state index in [-0.39, 0.29) is 38.4 Å². The van der Waals surface area contributed by atoms with Gasteiger partial charge in [-0.1, -0.05) is 128 Å². The van der Waals surface area contributed by atoms with Crippen LogP contribution in [0.3, 0.4) is 0 Å². The second-order valence-electron chi connectivity index (χ2n) is 16.6. The quantitative estimate of drug-likeness (QED) is 0.0159. The number of esters is 2. The summed E-state index contributed by atoms with van der Waals surface area (Å²) in [7, 11) is 1.33. The number of aliphatic hydroxyl groups excluding tert-OH is 3. The lowest BCUT2D eigenvalue weighted by molar-refractivity contribution is -0.870. The van der Waals surface area contributed by atoms with Crippen LogP contribution in [0.25, 0.3) is 0 Å². The minimum absolute atomic E-state index is 0.0107. The summed E-state index contributed by atoms with van der Waals surface area (Å²) < 4.78 is 39.9. The van der Waals surface area contributed by atoms with Gasteiger partial charge < -0.3 is 38.9 Å². The Morgan fingerprint density at radius 3 is 2.04 bits per heavy atom. The Morgan fingerprint density at radius 1 is 0.807 bits per heavy atom. The van der Waals surface area contributed by atoms with E-state index in [0.717, 1.165) is 38.5 Å². The number of nitrogens with zero attached hydrogens (tertiary/aromatic N) is 1. The molecule has 1 saturated heterocycles. The Kier molecular flexibility index (Phi) is 30.1. The van der Waals surface area contributed by atoms with Gasteiger partial charge in [-0.3, -0.25) is 18.6 Å². The highest BCUT2D eigenvalue weighted by molar-refractivity contribution is 7.47. The van der Waals surface area contributed by atoms with E-state index in [1.165, 1.54) is 51.4 Å². The van der Waals surface area contributed by atoms with Crippen molar-refractivity contribution in [1.82, 2.24) is 0 Å². The van der Waals surface area contributed by atoms with E-state index in [1.807, 2.05) is 33.3 Å². The van der Waals surface area contributed by atoms with Crippen molar-refractivity contribution in [2.24, 2.45) is 5.92 Å². The topological polar surface area (TPSA) is 178 Å². The molecule has 0 amide bonds. The summed E-state index contributed by atoms with van der Waals surface area (Å²) in [5.41, 5.74) is 0. The molecule has 13 nitrogen and oxygen atoms in total. The number of carbonyl (C=O) groups is 2. The standard InChI is InChI=1S/C43H80NO12P/c1-6-8-10-11-12-13-14-15-16-17-18-24-28-42(48)55-37(35-54-57(50,51)53-32-31-44(3,4)5)34-52-41(47)27-23-20-19-22-26-38-39(46)33-43(49)56-40(38)30-29-36(45)25-21-9-7-2/h19,22,29-30,36-40,43,45-46,49H,6-18,20-21,23-28,31-35H2,1-5H3/p+1/b22-19-,30-29+/t36-,37+,38-,39-,40+,43?/m0/s1. The zero-order chi connectivity index (χ0) is 42.4. The van der Waals surface area contributed by atoms with Crippen LogP contribution in [0.2, 0.25) is 0 Å². The van der Waals surface area contributed by atoms with Gasteiger partial charge in [0.2, 0.25) is 0 Å². The van der Waals surface area contributed by atoms with Gasteiger partial charge in [-0.2, -0.15) is 0 Å². The molecular weight excluding hydrogens is 753 g/mol. The van der Waals surface area contributed by atoms with Crippen molar-refractivity contribution < 1.29 is 62.1 Å². The predicted octanol–water partition coefficient (Wildman–Crippen LogP) is 8.07. The van der Waals surface area contributed by atoms with E-state index in [0.29, 0.717) is 43.1 Å². The first-order valence-corrected chi connectivity index (χ1v) is 23.5. The fraction of sp³-hybridized carbons (Fsp3) is 0.860. The Bertz CT molecular complexity index is 1150. The van der Waals surface area contributed by atoms with Crippen molar-refractivity contribution in [2.45, 2.75) is 186 Å². The molecule has 2 unspecified atom stereocenters. The molecule has 7 atom stereocenters. The molecular formula is C43H81NO12P+. The number of carbonyl (C=O) groups excluding carboxylic acids is 2. The van der Waals surface area contributed by atoms with Gasteiger partial charge in [-0.15, -0.1) is 0 Å². The van der Waals surface area contributed by atoms with Gasteiger partial charge >= 0.3 is 19.8 Å². The van der Waals surface area contributed by atoms with Gasteiger partial charge in [0.1, 0.15) is 19.8 Å². The number of aliphatic hydroxyl groups is 3. The highest BCUT2D eigenvalue weighted by Crippen LogP contribution is 2.43. The van der Waals surface area contributed by atoms with Crippen LogP contribution in [0.4, 0.5) is 0 Å². The van der Waals surface area contributed by atoms with Crippen LogP contribution in [0.15, 0.2) is 24.3 Å². The summed E-state index contributed by atoms with van der Waals surface area (Å²) in [6, 6.07) is 0. The normalized spacial score (nSPS) is 21.1. The molecule has 0 aromatic carbocycles. The van der Waals surface area contributed by atoms with E-state index in [2.05, 4.69) is 13.8 Å². The molecule has 57 heavy (non-hydrogen) atoms. The number of unbranched alkanes of at least 4 members (excludes halogenated alkanes) is 14. The lowest BCUT2D eigenvalue weighted by Crippen LogP contribution is -2.43. The van der Waals surface area contributed by atoms with Gasteiger partial charge in [0.15, 0.2) is 12.4 Å². The monoisotopic (exact) mass is 835 g/mol. The SMILES string of the molecule is CCCCCCCCCCCCCCC(=O)O[C@H](COC(=O)CCC/C=C\C[C@H]1[C@@H](O)CC(O)O[C@@H]1/C=C/[C@@H](O)CCCCC)COP(=O)(O)OCC[N+](C)(C)C. The van der Waals surface area contributed by atoms with Crippen molar-refractivity contribution in [2.75, 3.05) is 47.5 Å². The number of quaternary nitrogens is 1. The summed E-state index contributed by atoms with van der Waals surface area (Å²) in [6.45, 7) is 3.99. The van der Waals surface area contributed by atoms with Crippen LogP contribution >= 0.6 is 7.82 Å². The molecule has 1 aliphatic heterocycles. The third-order valence-electron chi connectivity index (χ3n) is 10.0. The molecule has 0 spiro atoms. The first-order valence-electron chi connectivity index (χ1n) is 22.0. The lowest BCUT2D eigenvalue weighted by Gasteiger charge is -2.36. The summed E-state index contributed by atoms with van der Waals surface area (Å²) in [4.78, 5) is 35.5. The number of allylic oxidation sites excluding steroid dienone is 2. The number of rotatable bonds is 35. The molecule has 334 valence electrons. The van der Waals surface area contributed by atoms with Crippen molar-refractivity contribution in [1.29, 1.82) is 0 Å². The summed E-state index contributed by atoms with van der Waals surface area (Å²) >= 11 is 0. The predicted molar refractivity (Wildman–Crippen MR) is 223 cm³/mol. The zero-order valence-electron chi connectivity index (χ0n) is 36.1. The van der Waals surface area contributed by atoms with Gasteiger partial charge in [0.25, 0.3) is 0 Å². The molecule has 1 aliphatic rings. The van der Waals surface area contributed by atoms with E-state index in [1.54, 1.807) is 12.2 Å². The molecule has 1 fully saturated rings. The average Bonchev–Trinajstić information content (AvgIpc) is 3.13. The fourth-order valence-electron chi connectivity index (χ4n) is 6.46. The second kappa shape index (κ2) is 32.1. The first-order chi connectivity index (χ1) is 27.2. The zero-order valence-corrected chi connectivity index (χ0v) is 37.0. The molecule has 0 radical (unpaired) electrons. The summed E-state index contributed by atoms with van der Waals surface area (Å²) in [5.74, 6) is -1.29. The van der Waals surface area contributed by atoms with Crippen LogP contribution in [-0.4, -0.2) is 115 Å². The van der Waals surface area contributed by atoms with E-state index in [4.69, 9.17) is 23.3 Å². The first kappa shape index (κ1) is 53.3. The van der Waals surface area contributed by atoms with Gasteiger partial charge in [-0.25, -0.2) is 4.57 Å². The molecule has 0 bridgehead atoms. The van der Waals surface area contributed by atoms with Crippen LogP contribution in [0, 0.1) is 5.92 Å². The maximum Gasteiger partial charge on any atom is 0.472 e. The van der Waals surface area contributed by atoms with Gasteiger partial charge in [0.05, 0.1) is 46.1 Å². The number of hydrogen-bond donors (Lipinski definition) is 4. The molecule has 4 N–H and O–H groups in total. The maximum atomic E-state index is 12.7. The number of phosphoric ester groups is 1. The number of ether oxygens (including phenoxy) is 3. The molecule has 0 aromatic heterocycles. The third-order valence-corrected chi connectivity index (χ3v) is 11.0. The van der Waals surface area contributed by atoms with E-state index >= 15 is 0 Å². The Morgan fingerprint density at radius 2 is 1.40 bits per heavy atom. The molecule has 0 aliphatic carbocycles. The minimum Gasteiger partial charge on any atom is -0.462 e. The molecule has 0 aromatic rings. The lowest BCUT2D eigenvalue weighted by atomic mass is 9.87. The van der Waals surface area contributed by atoms with Crippen molar-refractivity contribution in [3.05, 3.63) is 24.3 Å². The Hall–Kier alpha value is -1.67. The number of likely N-dealkylation sites (N-methyl/N-ethyl adjacent to an activating group) is 1. The largest absolute Gasteiger partial charge is 0.472 e. The molecule has 1 rings (SSSR count). The highest BCUT2D eigenvalue weighted by atomic mass is 31.2. The molecule has 1 heterocycles. The highest BCUT2D eigenvalue weighted by Gasteiger charge is 2.35. The molecule has 14 heteroatoms. The Labute approximate surface area is 344 Å². The van der Waals surface area contributed by atoms with Crippen LogP contribution in [0.5, 0.6) is 0 Å². The number of phosphoric acid groups is 1. The van der Waals surface area contributed by atoms with Crippen LogP contribution < -0.4 is 0 Å². The maximum absolute atomic E-state index is 12.7. The van der Waals surface area contributed by atoms with E-state index in [9.17, 15) is 34.4 Å². The van der Waals surface area contributed by atoms with Crippen molar-refractivity contribution in [3.8, 4) is 0 Å². The fourth-order valence-corrected chi connectivity index (χ4v) is 7.21. The van der Waals surface area contributed by atoms with Crippen molar-refractivity contribution >= 4 is 19.8 Å². The minimum atomic E-state index is -4.44. The average molecular weight is 835 g/mol.